The van der Waals surface area contributed by atoms with Crippen molar-refractivity contribution >= 4 is 40.9 Å². The summed E-state index contributed by atoms with van der Waals surface area (Å²) in [5, 5.41) is 10.9. The molecule has 0 aromatic heterocycles. The number of nitriles is 1. The highest BCUT2D eigenvalue weighted by atomic mass is 35.5. The quantitative estimate of drug-likeness (QED) is 0.168. The van der Waals surface area contributed by atoms with Crippen LogP contribution in [0.1, 0.15) is 16.7 Å². The number of ether oxygens (including phenoxy) is 2. The Labute approximate surface area is 239 Å². The summed E-state index contributed by atoms with van der Waals surface area (Å²) in [6.45, 7) is 6.55. The number of halogens is 2. The van der Waals surface area contributed by atoms with Crippen molar-refractivity contribution in [3.8, 4) is 17.6 Å². The molecular weight excluding hydrogens is 533 g/mol. The van der Waals surface area contributed by atoms with Gasteiger partial charge in [0.05, 0.1) is 7.11 Å². The largest absolute Gasteiger partial charge is 0.493 e. The van der Waals surface area contributed by atoms with Gasteiger partial charge >= 0.3 is 0 Å². The average molecular weight is 562 g/mol. The van der Waals surface area contributed by atoms with Crippen molar-refractivity contribution in [3.63, 3.8) is 0 Å². The second-order valence-electron chi connectivity index (χ2n) is 9.01. The van der Waals surface area contributed by atoms with Gasteiger partial charge in [-0.2, -0.15) is 5.26 Å². The molecule has 0 atom stereocenters. The minimum Gasteiger partial charge on any atom is -0.493 e. The Kier molecular flexibility index (Phi) is 9.54. The number of hydrogen-bond donors (Lipinski definition) is 0. The molecule has 1 amide bonds. The third-order valence-corrected chi connectivity index (χ3v) is 7.06. The number of rotatable bonds is 9. The molecule has 3 aromatic rings. The van der Waals surface area contributed by atoms with Crippen LogP contribution in [0.15, 0.2) is 78.9 Å². The fourth-order valence-electron chi connectivity index (χ4n) is 4.46. The summed E-state index contributed by atoms with van der Waals surface area (Å²) < 4.78 is 11.8. The van der Waals surface area contributed by atoms with Gasteiger partial charge in [0.15, 0.2) is 11.5 Å². The fourth-order valence-corrected chi connectivity index (χ4v) is 4.93. The number of anilines is 1. The molecule has 0 spiro atoms. The molecule has 0 N–H and O–H groups in total. The van der Waals surface area contributed by atoms with Crippen LogP contribution in [-0.4, -0.2) is 44.1 Å². The van der Waals surface area contributed by atoms with Crippen molar-refractivity contribution < 1.29 is 14.3 Å². The van der Waals surface area contributed by atoms with Gasteiger partial charge in [0.1, 0.15) is 18.2 Å². The lowest BCUT2D eigenvalue weighted by Gasteiger charge is -2.36. The predicted molar refractivity (Wildman–Crippen MR) is 157 cm³/mol. The summed E-state index contributed by atoms with van der Waals surface area (Å²) in [5.74, 6) is 0.737. The Balaban J connectivity index is 1.53. The average Bonchev–Trinajstić information content (AvgIpc) is 2.96. The number of piperazine rings is 1. The van der Waals surface area contributed by atoms with E-state index in [2.05, 4.69) is 29.7 Å². The van der Waals surface area contributed by atoms with Crippen LogP contribution in [0, 0.1) is 11.3 Å². The molecule has 0 saturated carbocycles. The molecule has 1 saturated heterocycles. The van der Waals surface area contributed by atoms with Crippen LogP contribution in [-0.2, 0) is 17.8 Å². The van der Waals surface area contributed by atoms with E-state index in [1.807, 2.05) is 30.3 Å². The van der Waals surface area contributed by atoms with Crippen molar-refractivity contribution in [2.24, 2.45) is 0 Å². The highest BCUT2D eigenvalue weighted by Crippen LogP contribution is 2.36. The van der Waals surface area contributed by atoms with Gasteiger partial charge in [0.2, 0.25) is 0 Å². The van der Waals surface area contributed by atoms with E-state index < -0.39 is 0 Å². The van der Waals surface area contributed by atoms with Crippen LogP contribution >= 0.6 is 23.2 Å². The van der Waals surface area contributed by atoms with Crippen LogP contribution in [0.25, 0.3) is 6.08 Å². The molecule has 1 aliphatic rings. The van der Waals surface area contributed by atoms with E-state index in [0.29, 0.717) is 59.7 Å². The first-order valence-electron chi connectivity index (χ1n) is 12.5. The standard InChI is InChI=1S/C31H29Cl2N3O3/c1-3-7-23-16-22(18-29(38-2)30(23)39-21-24-10-11-26(32)19-28(24)33)17-25(20-34)31(37)36-14-12-35(13-15-36)27-8-5-4-6-9-27/h3-6,8-11,16-19H,1,7,12-15,21H2,2H3/b25-17-. The summed E-state index contributed by atoms with van der Waals surface area (Å²) in [5.41, 5.74) is 3.44. The van der Waals surface area contributed by atoms with Gasteiger partial charge in [-0.1, -0.05) is 53.5 Å². The number of hydrogen-bond acceptors (Lipinski definition) is 5. The lowest BCUT2D eigenvalue weighted by Crippen LogP contribution is -2.49. The molecule has 1 heterocycles. The Bertz CT molecular complexity index is 1410. The number of carbonyl (C=O) groups excluding carboxylic acids is 1. The first-order chi connectivity index (χ1) is 18.9. The first kappa shape index (κ1) is 28.1. The Morgan fingerprint density at radius 1 is 1.05 bits per heavy atom. The number of amides is 1. The van der Waals surface area contributed by atoms with Crippen molar-refractivity contribution in [3.05, 3.63) is 106 Å². The summed E-state index contributed by atoms with van der Waals surface area (Å²) >= 11 is 12.3. The van der Waals surface area contributed by atoms with Crippen LogP contribution < -0.4 is 14.4 Å². The zero-order chi connectivity index (χ0) is 27.8. The van der Waals surface area contributed by atoms with Gasteiger partial charge in [-0.3, -0.25) is 4.79 Å². The van der Waals surface area contributed by atoms with E-state index in [-0.39, 0.29) is 18.1 Å². The number of allylic oxidation sites excluding steroid dienone is 1. The monoisotopic (exact) mass is 561 g/mol. The van der Waals surface area contributed by atoms with Crippen molar-refractivity contribution in [2.45, 2.75) is 13.0 Å². The van der Waals surface area contributed by atoms with Gasteiger partial charge in [-0.05, 0) is 54.5 Å². The maximum Gasteiger partial charge on any atom is 0.264 e. The zero-order valence-corrected chi connectivity index (χ0v) is 23.2. The number of para-hydroxylation sites is 1. The number of carbonyl (C=O) groups is 1. The minimum absolute atomic E-state index is 0.0661. The van der Waals surface area contributed by atoms with E-state index in [1.165, 1.54) is 0 Å². The normalized spacial score (nSPS) is 13.5. The minimum atomic E-state index is -0.285. The molecule has 1 fully saturated rings. The Morgan fingerprint density at radius 2 is 1.79 bits per heavy atom. The van der Waals surface area contributed by atoms with E-state index in [9.17, 15) is 10.1 Å². The molecule has 39 heavy (non-hydrogen) atoms. The first-order valence-corrected chi connectivity index (χ1v) is 13.3. The van der Waals surface area contributed by atoms with Crippen LogP contribution in [0.2, 0.25) is 10.0 Å². The van der Waals surface area contributed by atoms with Crippen LogP contribution in [0.5, 0.6) is 11.5 Å². The van der Waals surface area contributed by atoms with Gasteiger partial charge < -0.3 is 19.3 Å². The zero-order valence-electron chi connectivity index (χ0n) is 21.7. The van der Waals surface area contributed by atoms with Crippen LogP contribution in [0.3, 0.4) is 0 Å². The second kappa shape index (κ2) is 13.2. The molecule has 6 nitrogen and oxygen atoms in total. The highest BCUT2D eigenvalue weighted by Gasteiger charge is 2.24. The Morgan fingerprint density at radius 3 is 2.44 bits per heavy atom. The molecular formula is C31H29Cl2N3O3. The second-order valence-corrected chi connectivity index (χ2v) is 9.86. The van der Waals surface area contributed by atoms with Gasteiger partial charge in [0.25, 0.3) is 5.91 Å². The summed E-state index contributed by atoms with van der Waals surface area (Å²) in [4.78, 5) is 17.2. The third-order valence-electron chi connectivity index (χ3n) is 6.48. The number of benzene rings is 3. The van der Waals surface area contributed by atoms with Gasteiger partial charge in [-0.15, -0.1) is 6.58 Å². The molecule has 1 aliphatic heterocycles. The van der Waals surface area contributed by atoms with E-state index in [4.69, 9.17) is 32.7 Å². The SMILES string of the molecule is C=CCc1cc(/C=C(/C#N)C(=O)N2CCN(c3ccccc3)CC2)cc(OC)c1OCc1ccc(Cl)cc1Cl. The molecule has 4 rings (SSSR count). The maximum atomic E-state index is 13.2. The van der Waals surface area contributed by atoms with E-state index >= 15 is 0 Å². The third kappa shape index (κ3) is 6.94. The topological polar surface area (TPSA) is 65.8 Å². The lowest BCUT2D eigenvalue weighted by molar-refractivity contribution is -0.126. The van der Waals surface area contributed by atoms with Crippen molar-refractivity contribution in [1.29, 1.82) is 5.26 Å². The molecule has 3 aromatic carbocycles. The van der Waals surface area contributed by atoms with E-state index in [1.54, 1.807) is 42.4 Å². The maximum absolute atomic E-state index is 13.2. The highest BCUT2D eigenvalue weighted by molar-refractivity contribution is 6.35. The molecule has 0 unspecified atom stereocenters. The molecule has 200 valence electrons. The van der Waals surface area contributed by atoms with E-state index in [0.717, 1.165) is 16.8 Å². The summed E-state index contributed by atoms with van der Waals surface area (Å²) in [6, 6.07) is 21.1. The number of nitrogens with zero attached hydrogens (tertiary/aromatic N) is 3. The van der Waals surface area contributed by atoms with Crippen molar-refractivity contribution in [2.75, 3.05) is 38.2 Å². The van der Waals surface area contributed by atoms with Gasteiger partial charge in [0, 0.05) is 53.0 Å². The van der Waals surface area contributed by atoms with Crippen LogP contribution in [0.4, 0.5) is 5.69 Å². The Hall–Kier alpha value is -3.92. The molecule has 8 heteroatoms. The predicted octanol–water partition coefficient (Wildman–Crippen LogP) is 6.57. The molecule has 0 bridgehead atoms. The van der Waals surface area contributed by atoms with Gasteiger partial charge in [-0.25, -0.2) is 0 Å². The lowest BCUT2D eigenvalue weighted by atomic mass is 10.0. The number of methoxy groups -OCH3 is 1. The summed E-state index contributed by atoms with van der Waals surface area (Å²) in [7, 11) is 1.55. The van der Waals surface area contributed by atoms with Crippen molar-refractivity contribution in [1.82, 2.24) is 4.90 Å². The molecule has 0 aliphatic carbocycles. The smallest absolute Gasteiger partial charge is 0.264 e. The summed E-state index contributed by atoms with van der Waals surface area (Å²) in [6.07, 6.45) is 3.85. The molecule has 0 radical (unpaired) electrons. The fraction of sp³-hybridized carbons (Fsp3) is 0.226.